The number of hydrogen-bond donors (Lipinski definition) is 1. The van der Waals surface area contributed by atoms with E-state index in [2.05, 4.69) is 25.3 Å². The van der Waals surface area contributed by atoms with E-state index in [1.54, 1.807) is 38.2 Å². The molecule has 0 unspecified atom stereocenters. The number of rotatable bonds is 8. The number of hydrogen-bond acceptors (Lipinski definition) is 11. The second-order valence-electron chi connectivity index (χ2n) is 10.1. The first-order chi connectivity index (χ1) is 21.2. The van der Waals surface area contributed by atoms with Crippen molar-refractivity contribution in [3.63, 3.8) is 0 Å². The number of cyclic esters (lactones) is 1. The molecular weight excluding hydrogens is 591 g/mol. The van der Waals surface area contributed by atoms with Crippen LogP contribution >= 0.6 is 11.3 Å². The molecule has 1 aliphatic rings. The fourth-order valence-electron chi connectivity index (χ4n) is 4.57. The Kier molecular flexibility index (Phi) is 7.82. The fraction of sp³-hybridized carbons (Fsp3) is 0.267. The Morgan fingerprint density at radius 3 is 2.66 bits per heavy atom. The third-order valence-electron chi connectivity index (χ3n) is 6.95. The van der Waals surface area contributed by atoms with Crippen LogP contribution in [0.2, 0.25) is 0 Å². The maximum Gasteiger partial charge on any atom is 0.415 e. The lowest BCUT2D eigenvalue weighted by molar-refractivity contribution is 0.0402. The Morgan fingerprint density at radius 1 is 1.09 bits per heavy atom. The largest absolute Gasteiger partial charge is 0.484 e. The molecule has 44 heavy (non-hydrogen) atoms. The summed E-state index contributed by atoms with van der Waals surface area (Å²) in [5.41, 5.74) is 3.93. The maximum atomic E-state index is 15.1. The zero-order valence-corrected chi connectivity index (χ0v) is 25.0. The van der Waals surface area contributed by atoms with E-state index in [0.717, 1.165) is 11.1 Å². The van der Waals surface area contributed by atoms with Crippen LogP contribution in [0.15, 0.2) is 48.8 Å². The van der Waals surface area contributed by atoms with Gasteiger partial charge in [0.05, 0.1) is 53.0 Å². The number of fused-ring (bicyclic) bond motifs is 2. The number of benzene rings is 2. The van der Waals surface area contributed by atoms with Gasteiger partial charge in [-0.05, 0) is 50.6 Å². The van der Waals surface area contributed by atoms with Gasteiger partial charge >= 0.3 is 12.2 Å². The third-order valence-corrected chi connectivity index (χ3v) is 8.00. The molecule has 0 aliphatic carbocycles. The van der Waals surface area contributed by atoms with Crippen LogP contribution in [-0.4, -0.2) is 64.6 Å². The summed E-state index contributed by atoms with van der Waals surface area (Å²) in [6.07, 6.45) is 0.325. The number of anilines is 2. The number of ether oxygens (including phenoxy) is 4. The SMILES string of the molecule is COc1cnc2c(-c3nc4cc(F)c(O[C@@H](C)[C@@H](C)OC(=O)Nc5ccc(N6CCOC6=O)nc5)cc4s3)cc(C)cc2n1. The van der Waals surface area contributed by atoms with Crippen LogP contribution < -0.4 is 19.7 Å². The van der Waals surface area contributed by atoms with E-state index in [-0.39, 0.29) is 5.75 Å². The molecule has 4 heterocycles. The molecule has 1 fully saturated rings. The molecule has 0 radical (unpaired) electrons. The number of halogens is 1. The number of amides is 2. The van der Waals surface area contributed by atoms with Crippen molar-refractivity contribution in [1.82, 2.24) is 19.9 Å². The van der Waals surface area contributed by atoms with Crippen LogP contribution in [0.3, 0.4) is 0 Å². The van der Waals surface area contributed by atoms with Gasteiger partial charge in [-0.25, -0.2) is 33.9 Å². The summed E-state index contributed by atoms with van der Waals surface area (Å²) in [4.78, 5) is 43.5. The van der Waals surface area contributed by atoms with E-state index in [1.165, 1.54) is 35.6 Å². The monoisotopic (exact) mass is 618 g/mol. The summed E-state index contributed by atoms with van der Waals surface area (Å²) in [5, 5.41) is 3.25. The van der Waals surface area contributed by atoms with Crippen molar-refractivity contribution in [3.8, 4) is 22.2 Å². The quantitative estimate of drug-likeness (QED) is 0.216. The van der Waals surface area contributed by atoms with E-state index in [0.29, 0.717) is 56.8 Å². The van der Waals surface area contributed by atoms with Gasteiger partial charge in [0.15, 0.2) is 11.6 Å². The highest BCUT2D eigenvalue weighted by molar-refractivity contribution is 7.21. The predicted molar refractivity (Wildman–Crippen MR) is 162 cm³/mol. The second kappa shape index (κ2) is 11.9. The molecule has 5 aromatic rings. The lowest BCUT2D eigenvalue weighted by atomic mass is 10.1. The Labute approximate surface area is 254 Å². The van der Waals surface area contributed by atoms with Gasteiger partial charge in [0, 0.05) is 17.7 Å². The van der Waals surface area contributed by atoms with Crippen LogP contribution in [0.4, 0.5) is 25.5 Å². The minimum atomic E-state index is -0.739. The normalized spacial score (nSPS) is 14.4. The number of thiazole rings is 1. The molecule has 0 bridgehead atoms. The van der Waals surface area contributed by atoms with Gasteiger partial charge in [-0.2, -0.15) is 0 Å². The molecule has 1 saturated heterocycles. The minimum absolute atomic E-state index is 0.00918. The van der Waals surface area contributed by atoms with Crippen molar-refractivity contribution in [3.05, 3.63) is 60.2 Å². The predicted octanol–water partition coefficient (Wildman–Crippen LogP) is 6.12. The first-order valence-corrected chi connectivity index (χ1v) is 14.5. The smallest absolute Gasteiger partial charge is 0.415 e. The number of methoxy groups -OCH3 is 1. The summed E-state index contributed by atoms with van der Waals surface area (Å²) >= 11 is 1.38. The Morgan fingerprint density at radius 2 is 1.93 bits per heavy atom. The Balaban J connectivity index is 1.13. The maximum absolute atomic E-state index is 15.1. The molecule has 1 aliphatic heterocycles. The molecule has 6 rings (SSSR count). The molecule has 226 valence electrons. The first kappa shape index (κ1) is 29.0. The Hall–Kier alpha value is -5.11. The average Bonchev–Trinajstić information content (AvgIpc) is 3.62. The number of aromatic nitrogens is 4. The number of nitrogens with zero attached hydrogens (tertiary/aromatic N) is 5. The lowest BCUT2D eigenvalue weighted by Gasteiger charge is -2.22. The van der Waals surface area contributed by atoms with Gasteiger partial charge in [0.25, 0.3) is 0 Å². The third kappa shape index (κ3) is 5.88. The van der Waals surface area contributed by atoms with Gasteiger partial charge in [-0.3, -0.25) is 10.2 Å². The first-order valence-electron chi connectivity index (χ1n) is 13.6. The van der Waals surface area contributed by atoms with Gasteiger partial charge in [0.2, 0.25) is 5.88 Å². The summed E-state index contributed by atoms with van der Waals surface area (Å²) in [7, 11) is 1.53. The topological polar surface area (TPSA) is 138 Å². The standard InChI is InChI=1S/C30H27FN6O6S/c1-15-9-19(27-22(10-15)35-26(40-4)14-33-27)28-36-21-11-20(31)23(12-24(21)44-28)42-16(2)17(3)43-29(38)34-18-5-6-25(32-13-18)37-7-8-41-30(37)39/h5-6,9-14,16-17H,7-8H2,1-4H3,(H,34,38)/t16-,17+/m0/s1. The van der Waals surface area contributed by atoms with Crippen LogP contribution in [0.5, 0.6) is 11.6 Å². The molecule has 2 aromatic carbocycles. The van der Waals surface area contributed by atoms with Crippen LogP contribution in [0, 0.1) is 12.7 Å². The summed E-state index contributed by atoms with van der Waals surface area (Å²) in [5.74, 6) is 0.236. The summed E-state index contributed by atoms with van der Waals surface area (Å²) in [6, 6.07) is 9.98. The number of nitrogens with one attached hydrogen (secondary N) is 1. The van der Waals surface area contributed by atoms with Crippen molar-refractivity contribution in [1.29, 1.82) is 0 Å². The fourth-order valence-corrected chi connectivity index (χ4v) is 5.57. The molecule has 2 atom stereocenters. The zero-order chi connectivity index (χ0) is 31.0. The van der Waals surface area contributed by atoms with Gasteiger partial charge in [-0.15, -0.1) is 11.3 Å². The number of pyridine rings is 1. The van der Waals surface area contributed by atoms with Crippen molar-refractivity contribution in [2.45, 2.75) is 33.0 Å². The molecule has 2 amide bonds. The summed E-state index contributed by atoms with van der Waals surface area (Å²) < 4.78 is 37.3. The van der Waals surface area contributed by atoms with Crippen LogP contribution in [0.25, 0.3) is 31.8 Å². The van der Waals surface area contributed by atoms with Gasteiger partial charge in [0.1, 0.15) is 29.6 Å². The highest BCUT2D eigenvalue weighted by Crippen LogP contribution is 2.37. The van der Waals surface area contributed by atoms with Crippen molar-refractivity contribution in [2.75, 3.05) is 30.5 Å². The van der Waals surface area contributed by atoms with Crippen molar-refractivity contribution >= 4 is 56.3 Å². The van der Waals surface area contributed by atoms with Crippen molar-refractivity contribution < 1.29 is 32.9 Å². The van der Waals surface area contributed by atoms with Crippen LogP contribution in [0.1, 0.15) is 19.4 Å². The second-order valence-corrected chi connectivity index (χ2v) is 11.1. The van der Waals surface area contributed by atoms with E-state index >= 15 is 4.39 Å². The molecule has 1 N–H and O–H groups in total. The van der Waals surface area contributed by atoms with E-state index < -0.39 is 30.2 Å². The van der Waals surface area contributed by atoms with E-state index in [4.69, 9.17) is 18.9 Å². The molecule has 0 spiro atoms. The molecular formula is C30H27FN6O6S. The molecule has 14 heteroatoms. The van der Waals surface area contributed by atoms with E-state index in [1.807, 2.05) is 19.1 Å². The number of carbonyl (C=O) groups is 2. The number of carbonyl (C=O) groups excluding carboxylic acids is 2. The lowest BCUT2D eigenvalue weighted by Crippen LogP contribution is -2.32. The molecule has 3 aromatic heterocycles. The van der Waals surface area contributed by atoms with Crippen molar-refractivity contribution in [2.24, 2.45) is 0 Å². The molecule has 0 saturated carbocycles. The zero-order valence-electron chi connectivity index (χ0n) is 24.2. The van der Waals surface area contributed by atoms with Gasteiger partial charge in [-0.1, -0.05) is 0 Å². The van der Waals surface area contributed by atoms with E-state index in [9.17, 15) is 9.59 Å². The molecule has 12 nitrogen and oxygen atoms in total. The van der Waals surface area contributed by atoms with Crippen LogP contribution in [-0.2, 0) is 9.47 Å². The summed E-state index contributed by atoms with van der Waals surface area (Å²) in [6.45, 7) is 5.98. The number of aryl methyl sites for hydroxylation is 1. The Bertz CT molecular complexity index is 1880. The van der Waals surface area contributed by atoms with Gasteiger partial charge < -0.3 is 18.9 Å². The minimum Gasteiger partial charge on any atom is -0.484 e. The average molecular weight is 619 g/mol. The highest BCUT2D eigenvalue weighted by atomic mass is 32.1. The highest BCUT2D eigenvalue weighted by Gasteiger charge is 2.25.